The third-order valence-corrected chi connectivity index (χ3v) is 8.27. The third-order valence-electron chi connectivity index (χ3n) is 8.27. The third kappa shape index (κ3) is 5.28. The number of nitrogens with zero attached hydrogens (tertiary/aromatic N) is 3. The minimum atomic E-state index is -0.178. The number of benzene rings is 2. The van der Waals surface area contributed by atoms with Gasteiger partial charge in [0.25, 0.3) is 5.91 Å². The van der Waals surface area contributed by atoms with E-state index in [4.69, 9.17) is 0 Å². The fourth-order valence-electron chi connectivity index (χ4n) is 6.49. The Hall–Kier alpha value is -3.71. The number of hydrogen-bond donors (Lipinski definition) is 3. The molecule has 0 unspecified atom stereocenters. The normalized spacial score (nSPS) is 21.7. The van der Waals surface area contributed by atoms with Crippen LogP contribution in [0.4, 0.5) is 5.69 Å². The zero-order chi connectivity index (χ0) is 26.9. The molecule has 6 rings (SSSR count). The predicted molar refractivity (Wildman–Crippen MR) is 155 cm³/mol. The van der Waals surface area contributed by atoms with Crippen LogP contribution in [0.2, 0.25) is 0 Å². The lowest BCUT2D eigenvalue weighted by Crippen LogP contribution is -2.53. The molecule has 2 aliphatic rings. The zero-order valence-corrected chi connectivity index (χ0v) is 22.7. The first-order valence-corrected chi connectivity index (χ1v) is 14.2. The van der Waals surface area contributed by atoms with Crippen LogP contribution >= 0.6 is 0 Å². The van der Waals surface area contributed by atoms with E-state index in [0.717, 1.165) is 60.0 Å². The quantitative estimate of drug-likeness (QED) is 0.275. The van der Waals surface area contributed by atoms with E-state index in [1.165, 1.54) is 12.1 Å². The zero-order valence-electron chi connectivity index (χ0n) is 22.7. The number of pyridine rings is 1. The van der Waals surface area contributed by atoms with Crippen molar-refractivity contribution < 1.29 is 9.90 Å². The molecular formula is C32H37N5O2. The monoisotopic (exact) mass is 523 g/mol. The maximum Gasteiger partial charge on any atom is 0.251 e. The van der Waals surface area contributed by atoms with Crippen LogP contribution < -0.4 is 10.2 Å². The number of fused-ring (bicyclic) bond motifs is 3. The van der Waals surface area contributed by atoms with Crippen LogP contribution in [0.3, 0.4) is 0 Å². The first-order chi connectivity index (χ1) is 19.0. The molecule has 0 spiro atoms. The molecule has 1 amide bonds. The van der Waals surface area contributed by atoms with E-state index in [-0.39, 0.29) is 18.1 Å². The van der Waals surface area contributed by atoms with Crippen molar-refractivity contribution in [2.75, 3.05) is 4.90 Å². The van der Waals surface area contributed by atoms with Gasteiger partial charge in [-0.2, -0.15) is 5.10 Å². The Morgan fingerprint density at radius 3 is 2.54 bits per heavy atom. The van der Waals surface area contributed by atoms with E-state index in [1.807, 2.05) is 36.4 Å². The molecule has 2 saturated heterocycles. The van der Waals surface area contributed by atoms with Crippen LogP contribution in [-0.4, -0.2) is 44.4 Å². The molecule has 0 aliphatic carbocycles. The number of hydrogen-bond acceptors (Lipinski definition) is 5. The summed E-state index contributed by atoms with van der Waals surface area (Å²) >= 11 is 0. The van der Waals surface area contributed by atoms with Crippen LogP contribution in [0, 0.1) is 5.92 Å². The summed E-state index contributed by atoms with van der Waals surface area (Å²) in [6.07, 6.45) is 7.63. The van der Waals surface area contributed by atoms with Gasteiger partial charge in [-0.15, -0.1) is 0 Å². The minimum Gasteiger partial charge on any atom is -0.393 e. The van der Waals surface area contributed by atoms with Gasteiger partial charge in [-0.3, -0.25) is 14.9 Å². The molecule has 0 saturated carbocycles. The summed E-state index contributed by atoms with van der Waals surface area (Å²) in [5.74, 6) is 0.298. The molecule has 0 radical (unpaired) electrons. The van der Waals surface area contributed by atoms with Crippen LogP contribution in [0.1, 0.15) is 74.5 Å². The van der Waals surface area contributed by atoms with E-state index in [2.05, 4.69) is 63.5 Å². The molecule has 3 N–H and O–H groups in total. The number of aliphatic hydroxyl groups excluding tert-OH is 1. The highest BCUT2D eigenvalue weighted by atomic mass is 16.3. The minimum absolute atomic E-state index is 0.116. The molecule has 4 atom stereocenters. The van der Waals surface area contributed by atoms with Crippen LogP contribution in [0.5, 0.6) is 0 Å². The Morgan fingerprint density at radius 1 is 1.08 bits per heavy atom. The Balaban J connectivity index is 1.24. The topological polar surface area (TPSA) is 94.1 Å². The Labute approximate surface area is 229 Å². The number of carbonyl (C=O) groups excluding carboxylic acids is 1. The Bertz CT molecular complexity index is 1420. The Kier molecular flexibility index (Phi) is 7.09. The molecule has 7 heteroatoms. The molecule has 202 valence electrons. The van der Waals surface area contributed by atoms with E-state index >= 15 is 0 Å². The summed E-state index contributed by atoms with van der Waals surface area (Å²) in [5.41, 5.74) is 5.43. The number of amides is 1. The number of anilines is 1. The molecule has 4 aromatic rings. The van der Waals surface area contributed by atoms with Gasteiger partial charge in [0.15, 0.2) is 0 Å². The van der Waals surface area contributed by atoms with Gasteiger partial charge in [0, 0.05) is 40.5 Å². The second-order valence-electron chi connectivity index (χ2n) is 11.6. The highest BCUT2D eigenvalue weighted by Gasteiger charge is 2.37. The van der Waals surface area contributed by atoms with Crippen molar-refractivity contribution in [3.05, 3.63) is 78.1 Å². The van der Waals surface area contributed by atoms with Crippen molar-refractivity contribution in [1.82, 2.24) is 20.5 Å². The second-order valence-corrected chi connectivity index (χ2v) is 11.6. The lowest BCUT2D eigenvalue weighted by Gasteiger charge is -2.49. The molecule has 2 aliphatic heterocycles. The van der Waals surface area contributed by atoms with Gasteiger partial charge >= 0.3 is 0 Å². The van der Waals surface area contributed by atoms with Gasteiger partial charge in [-0.1, -0.05) is 32.0 Å². The summed E-state index contributed by atoms with van der Waals surface area (Å²) in [5, 5.41) is 22.2. The summed E-state index contributed by atoms with van der Waals surface area (Å²) in [6.45, 7) is 4.30. The average Bonchev–Trinajstić information content (AvgIpc) is 3.36. The molecule has 39 heavy (non-hydrogen) atoms. The number of aliphatic hydroxyl groups is 1. The lowest BCUT2D eigenvalue weighted by molar-refractivity contribution is 0.0924. The number of piperidine rings is 2. The predicted octanol–water partition coefficient (Wildman–Crippen LogP) is 6.02. The van der Waals surface area contributed by atoms with Crippen molar-refractivity contribution in [2.24, 2.45) is 5.92 Å². The average molecular weight is 524 g/mol. The molecular weight excluding hydrogens is 486 g/mol. The maximum atomic E-state index is 13.4. The van der Waals surface area contributed by atoms with Crippen molar-refractivity contribution >= 4 is 22.5 Å². The SMILES string of the molecule is CC(C)C[C@H](NC(=O)c1ccc2[nH]nc(-c3ccc(N4[C@@H]5CCC[C@H]4C[C@@H](O)C5)cc3)c2c1)c1ccccn1. The van der Waals surface area contributed by atoms with E-state index in [0.29, 0.717) is 23.6 Å². The fraction of sp³-hybridized carbons (Fsp3) is 0.406. The van der Waals surface area contributed by atoms with Gasteiger partial charge in [-0.25, -0.2) is 0 Å². The largest absolute Gasteiger partial charge is 0.393 e. The highest BCUT2D eigenvalue weighted by Crippen LogP contribution is 2.38. The van der Waals surface area contributed by atoms with Crippen LogP contribution in [-0.2, 0) is 0 Å². The summed E-state index contributed by atoms with van der Waals surface area (Å²) in [6, 6.07) is 20.8. The molecule has 7 nitrogen and oxygen atoms in total. The maximum absolute atomic E-state index is 13.4. The number of carbonyl (C=O) groups is 1. The van der Waals surface area contributed by atoms with Crippen LogP contribution in [0.15, 0.2) is 66.9 Å². The van der Waals surface area contributed by atoms with Gasteiger partial charge in [0.2, 0.25) is 0 Å². The summed E-state index contributed by atoms with van der Waals surface area (Å²) < 4.78 is 0. The second kappa shape index (κ2) is 10.8. The summed E-state index contributed by atoms with van der Waals surface area (Å²) in [7, 11) is 0. The first-order valence-electron chi connectivity index (χ1n) is 14.2. The van der Waals surface area contributed by atoms with Crippen molar-refractivity contribution in [3.63, 3.8) is 0 Å². The number of aromatic nitrogens is 3. The molecule has 2 aromatic heterocycles. The van der Waals surface area contributed by atoms with Crippen LogP contribution in [0.25, 0.3) is 22.2 Å². The first kappa shape index (κ1) is 25.6. The standard InChI is InChI=1S/C32H37N5O2/c1-20(2)16-30(29-8-3-4-15-33-29)34-32(39)22-11-14-28-27(17-22)31(36-35-28)21-9-12-23(13-10-21)37-24-6-5-7-25(37)19-26(38)18-24/h3-4,8-15,17,20,24-26,30,38H,5-7,16,18-19H2,1-2H3,(H,34,39)(H,35,36)/t24-,25+,26+,30-/m0/s1. The van der Waals surface area contributed by atoms with Gasteiger partial charge in [0.1, 0.15) is 0 Å². The number of rotatable bonds is 7. The Morgan fingerprint density at radius 2 is 1.85 bits per heavy atom. The van der Waals surface area contributed by atoms with Gasteiger partial charge < -0.3 is 15.3 Å². The molecule has 2 fully saturated rings. The van der Waals surface area contributed by atoms with E-state index in [1.54, 1.807) is 6.20 Å². The van der Waals surface area contributed by atoms with Gasteiger partial charge in [0.05, 0.1) is 29.1 Å². The van der Waals surface area contributed by atoms with Gasteiger partial charge in [-0.05, 0) is 86.9 Å². The number of aromatic amines is 1. The highest BCUT2D eigenvalue weighted by molar-refractivity contribution is 6.01. The molecule has 2 aromatic carbocycles. The summed E-state index contributed by atoms with van der Waals surface area (Å²) in [4.78, 5) is 20.4. The van der Waals surface area contributed by atoms with E-state index in [9.17, 15) is 9.90 Å². The lowest BCUT2D eigenvalue weighted by atomic mass is 9.82. The van der Waals surface area contributed by atoms with E-state index < -0.39 is 0 Å². The molecule has 2 bridgehead atoms. The fourth-order valence-corrected chi connectivity index (χ4v) is 6.49. The van der Waals surface area contributed by atoms with Crippen molar-refractivity contribution in [1.29, 1.82) is 0 Å². The smallest absolute Gasteiger partial charge is 0.251 e. The number of H-pyrrole nitrogens is 1. The van der Waals surface area contributed by atoms with Crippen molar-refractivity contribution in [3.8, 4) is 11.3 Å². The number of nitrogens with one attached hydrogen (secondary N) is 2. The molecule has 4 heterocycles. The van der Waals surface area contributed by atoms with Crippen molar-refractivity contribution in [2.45, 2.75) is 76.6 Å².